The number of nitrogens with zero attached hydrogens (tertiary/aromatic N) is 3. The number of likely N-dealkylation sites (tertiary alicyclic amines) is 1. The van der Waals surface area contributed by atoms with Crippen molar-refractivity contribution in [1.29, 1.82) is 0 Å². The number of methoxy groups -OCH3 is 1. The first kappa shape index (κ1) is 20.8. The molecule has 1 aromatic heterocycles. The molecule has 3 aromatic rings. The molecule has 0 saturated carbocycles. The molecule has 2 aliphatic rings. The predicted molar refractivity (Wildman–Crippen MR) is 123 cm³/mol. The molecule has 3 heterocycles. The Morgan fingerprint density at radius 3 is 2.72 bits per heavy atom. The van der Waals surface area contributed by atoms with Crippen molar-refractivity contribution >= 4 is 40.1 Å². The average molecular weight is 453 g/mol. The van der Waals surface area contributed by atoms with Crippen LogP contribution in [0.4, 0.5) is 5.69 Å². The van der Waals surface area contributed by atoms with Gasteiger partial charge in [0, 0.05) is 37.0 Å². The van der Waals surface area contributed by atoms with Gasteiger partial charge in [-0.3, -0.25) is 9.59 Å². The van der Waals surface area contributed by atoms with Crippen molar-refractivity contribution < 1.29 is 14.3 Å². The van der Waals surface area contributed by atoms with E-state index in [2.05, 4.69) is 4.98 Å². The Morgan fingerprint density at radius 2 is 1.97 bits per heavy atom. The zero-order chi connectivity index (χ0) is 22.2. The molecule has 32 heavy (non-hydrogen) atoms. The van der Waals surface area contributed by atoms with Crippen molar-refractivity contribution in [3.63, 3.8) is 0 Å². The van der Waals surface area contributed by atoms with Crippen molar-refractivity contribution in [1.82, 2.24) is 14.9 Å². The number of ether oxygens (including phenoxy) is 1. The molecule has 8 heteroatoms. The number of carbonyl (C=O) groups excluding carboxylic acids is 2. The Bertz CT molecular complexity index is 1140. The number of amides is 2. The second-order valence-corrected chi connectivity index (χ2v) is 8.90. The van der Waals surface area contributed by atoms with Crippen LogP contribution in [-0.2, 0) is 9.59 Å². The normalized spacial score (nSPS) is 19.7. The number of anilines is 1. The molecule has 2 aromatic carbocycles. The van der Waals surface area contributed by atoms with Gasteiger partial charge in [0.1, 0.15) is 11.6 Å². The lowest BCUT2D eigenvalue weighted by Crippen LogP contribution is -2.42. The summed E-state index contributed by atoms with van der Waals surface area (Å²) in [7, 11) is 1.56. The second-order valence-electron chi connectivity index (χ2n) is 8.46. The predicted octanol–water partition coefficient (Wildman–Crippen LogP) is 3.98. The van der Waals surface area contributed by atoms with Crippen molar-refractivity contribution in [2.75, 3.05) is 31.6 Å². The molecule has 0 spiro atoms. The van der Waals surface area contributed by atoms with Crippen LogP contribution in [0.1, 0.15) is 31.0 Å². The van der Waals surface area contributed by atoms with Crippen molar-refractivity contribution in [2.45, 2.75) is 25.2 Å². The molecule has 166 valence electrons. The maximum Gasteiger partial charge on any atom is 0.228 e. The lowest BCUT2D eigenvalue weighted by Gasteiger charge is -2.32. The van der Waals surface area contributed by atoms with Crippen LogP contribution in [0.15, 0.2) is 42.5 Å². The first-order chi connectivity index (χ1) is 15.5. The zero-order valence-electron chi connectivity index (χ0n) is 17.9. The van der Waals surface area contributed by atoms with Crippen LogP contribution in [0.2, 0.25) is 5.02 Å². The van der Waals surface area contributed by atoms with Crippen LogP contribution in [0.25, 0.3) is 11.0 Å². The van der Waals surface area contributed by atoms with E-state index in [9.17, 15) is 9.59 Å². The standard InChI is InChI=1S/C24H25ClN4O3/c1-32-21-7-6-17(25)13-20(21)29-14-16(12-22(29)30)24(31)28-10-8-15(9-11-28)23-26-18-4-2-3-5-19(18)27-23/h2-7,13,15-16H,8-12,14H2,1H3,(H,26,27). The number of fused-ring (bicyclic) bond motifs is 1. The minimum Gasteiger partial charge on any atom is -0.495 e. The fourth-order valence-electron chi connectivity index (χ4n) is 4.78. The fraction of sp³-hybridized carbons (Fsp3) is 0.375. The lowest BCUT2D eigenvalue weighted by atomic mass is 9.95. The Hall–Kier alpha value is -3.06. The second kappa shape index (κ2) is 8.47. The number of benzene rings is 2. The monoisotopic (exact) mass is 452 g/mol. The fourth-order valence-corrected chi connectivity index (χ4v) is 4.94. The van der Waals surface area contributed by atoms with Gasteiger partial charge in [0.05, 0.1) is 29.7 Å². The molecule has 0 aliphatic carbocycles. The molecule has 0 radical (unpaired) electrons. The highest BCUT2D eigenvalue weighted by molar-refractivity contribution is 6.31. The number of hydrogen-bond donors (Lipinski definition) is 1. The summed E-state index contributed by atoms with van der Waals surface area (Å²) in [5.74, 6) is 1.49. The topological polar surface area (TPSA) is 78.5 Å². The minimum absolute atomic E-state index is 0.0462. The molecule has 0 bridgehead atoms. The number of aromatic nitrogens is 2. The summed E-state index contributed by atoms with van der Waals surface area (Å²) in [5.41, 5.74) is 2.63. The van der Waals surface area contributed by atoms with E-state index in [4.69, 9.17) is 21.3 Å². The molecule has 5 rings (SSSR count). The van der Waals surface area contributed by atoms with Crippen LogP contribution in [0, 0.1) is 5.92 Å². The molecule has 2 fully saturated rings. The molecular weight excluding hydrogens is 428 g/mol. The van der Waals surface area contributed by atoms with Gasteiger partial charge in [0.25, 0.3) is 0 Å². The number of rotatable bonds is 4. The molecular formula is C24H25ClN4O3. The van der Waals surface area contributed by atoms with E-state index < -0.39 is 0 Å². The van der Waals surface area contributed by atoms with E-state index in [1.165, 1.54) is 0 Å². The molecule has 7 nitrogen and oxygen atoms in total. The number of hydrogen-bond acceptors (Lipinski definition) is 4. The van der Waals surface area contributed by atoms with E-state index in [1.807, 2.05) is 29.2 Å². The first-order valence-corrected chi connectivity index (χ1v) is 11.3. The number of nitrogens with one attached hydrogen (secondary N) is 1. The quantitative estimate of drug-likeness (QED) is 0.649. The summed E-state index contributed by atoms with van der Waals surface area (Å²) in [6.07, 6.45) is 1.92. The molecule has 1 atom stereocenters. The summed E-state index contributed by atoms with van der Waals surface area (Å²) in [6.45, 7) is 1.69. The van der Waals surface area contributed by atoms with Crippen LogP contribution in [-0.4, -0.2) is 53.4 Å². The SMILES string of the molecule is COc1ccc(Cl)cc1N1CC(C(=O)N2CCC(c3nc4ccccc4[nH]3)CC2)CC1=O. The number of imidazole rings is 1. The van der Waals surface area contributed by atoms with Gasteiger partial charge in [-0.2, -0.15) is 0 Å². The van der Waals surface area contributed by atoms with Crippen molar-refractivity contribution in [3.05, 3.63) is 53.3 Å². The van der Waals surface area contributed by atoms with Gasteiger partial charge in [-0.05, 0) is 43.2 Å². The van der Waals surface area contributed by atoms with Gasteiger partial charge in [-0.15, -0.1) is 0 Å². The van der Waals surface area contributed by atoms with Crippen LogP contribution in [0.5, 0.6) is 5.75 Å². The number of para-hydroxylation sites is 2. The minimum atomic E-state index is -0.353. The Kier molecular flexibility index (Phi) is 5.51. The average Bonchev–Trinajstić information content (AvgIpc) is 3.42. The van der Waals surface area contributed by atoms with Gasteiger partial charge < -0.3 is 19.5 Å². The number of H-pyrrole nitrogens is 1. The third-order valence-corrected chi connectivity index (χ3v) is 6.74. The van der Waals surface area contributed by atoms with Gasteiger partial charge in [-0.25, -0.2) is 4.98 Å². The summed E-state index contributed by atoms with van der Waals surface area (Å²) < 4.78 is 5.39. The van der Waals surface area contributed by atoms with Gasteiger partial charge >= 0.3 is 0 Å². The lowest BCUT2D eigenvalue weighted by molar-refractivity contribution is -0.136. The third-order valence-electron chi connectivity index (χ3n) is 6.51. The maximum absolute atomic E-state index is 13.2. The van der Waals surface area contributed by atoms with Gasteiger partial charge in [-0.1, -0.05) is 23.7 Å². The van der Waals surface area contributed by atoms with Crippen molar-refractivity contribution in [3.8, 4) is 5.75 Å². The molecule has 1 unspecified atom stereocenters. The van der Waals surface area contributed by atoms with Gasteiger partial charge in [0.2, 0.25) is 11.8 Å². The van der Waals surface area contributed by atoms with E-state index >= 15 is 0 Å². The summed E-state index contributed by atoms with van der Waals surface area (Å²) >= 11 is 6.13. The first-order valence-electron chi connectivity index (χ1n) is 10.9. The maximum atomic E-state index is 13.2. The highest BCUT2D eigenvalue weighted by Gasteiger charge is 2.39. The largest absolute Gasteiger partial charge is 0.495 e. The third kappa shape index (κ3) is 3.81. The molecule has 2 aliphatic heterocycles. The Morgan fingerprint density at radius 1 is 1.19 bits per heavy atom. The summed E-state index contributed by atoms with van der Waals surface area (Å²) in [5, 5.41) is 0.524. The highest BCUT2D eigenvalue weighted by Crippen LogP contribution is 2.36. The number of piperidine rings is 1. The number of carbonyl (C=O) groups is 2. The Labute approximate surface area is 191 Å². The van der Waals surface area contributed by atoms with Crippen LogP contribution >= 0.6 is 11.6 Å². The molecule has 2 saturated heterocycles. The zero-order valence-corrected chi connectivity index (χ0v) is 18.6. The highest BCUT2D eigenvalue weighted by atomic mass is 35.5. The Balaban J connectivity index is 1.24. The van der Waals surface area contributed by atoms with E-state index in [0.717, 1.165) is 29.7 Å². The molecule has 1 N–H and O–H groups in total. The molecule has 2 amide bonds. The number of halogens is 1. The van der Waals surface area contributed by atoms with E-state index in [1.54, 1.807) is 30.2 Å². The van der Waals surface area contributed by atoms with E-state index in [-0.39, 0.29) is 24.2 Å². The summed E-state index contributed by atoms with van der Waals surface area (Å²) in [4.78, 5) is 37.6. The van der Waals surface area contributed by atoms with Gasteiger partial charge in [0.15, 0.2) is 0 Å². The van der Waals surface area contributed by atoms with Crippen LogP contribution in [0.3, 0.4) is 0 Å². The number of aromatic amines is 1. The van der Waals surface area contributed by atoms with Crippen molar-refractivity contribution in [2.24, 2.45) is 5.92 Å². The smallest absolute Gasteiger partial charge is 0.228 e. The van der Waals surface area contributed by atoms with Crippen LogP contribution < -0.4 is 9.64 Å². The van der Waals surface area contributed by atoms with E-state index in [0.29, 0.717) is 42.0 Å². The summed E-state index contributed by atoms with van der Waals surface area (Å²) in [6, 6.07) is 13.2.